The van der Waals surface area contributed by atoms with Gasteiger partial charge in [-0.2, -0.15) is 5.10 Å². The second-order valence-electron chi connectivity index (χ2n) is 2.90. The Morgan fingerprint density at radius 1 is 1.33 bits per heavy atom. The predicted octanol–water partition coefficient (Wildman–Crippen LogP) is 1.34. The Bertz CT molecular complexity index is 393. The number of hydrazone groups is 1. The van der Waals surface area contributed by atoms with Crippen molar-refractivity contribution >= 4 is 42.1 Å². The number of hydrogen-bond acceptors (Lipinski definition) is 3. The molecule has 4 nitrogen and oxygen atoms in total. The molecule has 0 spiro atoms. The molecule has 0 aromatic heterocycles. The quantitative estimate of drug-likeness (QED) is 0.736. The lowest BCUT2D eigenvalue weighted by Crippen LogP contribution is -2.09. The predicted molar refractivity (Wildman–Crippen MR) is 64.6 cm³/mol. The number of carbonyl (C=O) groups is 1. The van der Waals surface area contributed by atoms with Crippen molar-refractivity contribution in [3.05, 3.63) is 29.8 Å². The smallest absolute Gasteiger partial charge is 0.246 e. The standard InChI is InChI=1S/C9H9N3O.2ClH/c10-7-3-1-2-6(4-7)8-5-9(13)12-11-8;;/h1-4H,5,10H2,(H,12,13);2*1H. The number of nitrogen functional groups attached to an aromatic ring is 1. The Labute approximate surface area is 99.7 Å². The van der Waals surface area contributed by atoms with Gasteiger partial charge in [0.15, 0.2) is 0 Å². The third-order valence-electron chi connectivity index (χ3n) is 1.86. The fourth-order valence-electron chi connectivity index (χ4n) is 1.25. The van der Waals surface area contributed by atoms with E-state index in [1.54, 1.807) is 12.1 Å². The van der Waals surface area contributed by atoms with Crippen molar-refractivity contribution in [2.45, 2.75) is 6.42 Å². The summed E-state index contributed by atoms with van der Waals surface area (Å²) in [5, 5.41) is 3.89. The summed E-state index contributed by atoms with van der Waals surface area (Å²) in [6, 6.07) is 7.33. The van der Waals surface area contributed by atoms with Gasteiger partial charge < -0.3 is 5.73 Å². The van der Waals surface area contributed by atoms with Crippen LogP contribution in [-0.2, 0) is 4.79 Å². The van der Waals surface area contributed by atoms with Crippen LogP contribution in [0, 0.1) is 0 Å². The maximum absolute atomic E-state index is 10.9. The average Bonchev–Trinajstić information content (AvgIpc) is 2.52. The highest BCUT2D eigenvalue weighted by Gasteiger charge is 2.15. The van der Waals surface area contributed by atoms with E-state index in [0.717, 1.165) is 11.3 Å². The average molecular weight is 248 g/mol. The zero-order valence-electron chi connectivity index (χ0n) is 7.77. The van der Waals surface area contributed by atoms with Crippen LogP contribution in [0.1, 0.15) is 12.0 Å². The molecule has 0 atom stereocenters. The van der Waals surface area contributed by atoms with Gasteiger partial charge >= 0.3 is 0 Å². The summed E-state index contributed by atoms with van der Waals surface area (Å²) in [5.74, 6) is -0.0718. The Morgan fingerprint density at radius 3 is 2.60 bits per heavy atom. The number of amides is 1. The van der Waals surface area contributed by atoms with E-state index < -0.39 is 0 Å². The van der Waals surface area contributed by atoms with Gasteiger partial charge in [-0.05, 0) is 12.1 Å². The third kappa shape index (κ3) is 3.11. The van der Waals surface area contributed by atoms with Crippen molar-refractivity contribution in [1.29, 1.82) is 0 Å². The molecule has 0 saturated carbocycles. The molecule has 1 aliphatic rings. The summed E-state index contributed by atoms with van der Waals surface area (Å²) < 4.78 is 0. The highest BCUT2D eigenvalue weighted by Crippen LogP contribution is 2.11. The van der Waals surface area contributed by atoms with E-state index in [1.807, 2.05) is 12.1 Å². The molecular formula is C9H11Cl2N3O. The molecule has 1 aromatic rings. The van der Waals surface area contributed by atoms with Crippen molar-refractivity contribution in [3.8, 4) is 0 Å². The molecule has 3 N–H and O–H groups in total. The van der Waals surface area contributed by atoms with Crippen LogP contribution in [0.5, 0.6) is 0 Å². The van der Waals surface area contributed by atoms with E-state index in [0.29, 0.717) is 12.1 Å². The highest BCUT2D eigenvalue weighted by atomic mass is 35.5. The van der Waals surface area contributed by atoms with Gasteiger partial charge in [-0.15, -0.1) is 24.8 Å². The normalized spacial score (nSPS) is 13.3. The molecule has 0 saturated heterocycles. The fraction of sp³-hybridized carbons (Fsp3) is 0.111. The van der Waals surface area contributed by atoms with E-state index in [9.17, 15) is 4.79 Å². The molecule has 82 valence electrons. The van der Waals surface area contributed by atoms with Crippen molar-refractivity contribution in [1.82, 2.24) is 5.43 Å². The third-order valence-corrected chi connectivity index (χ3v) is 1.86. The minimum Gasteiger partial charge on any atom is -0.399 e. The van der Waals surface area contributed by atoms with Gasteiger partial charge in [0.25, 0.3) is 0 Å². The Morgan fingerprint density at radius 2 is 2.07 bits per heavy atom. The first-order valence-corrected chi connectivity index (χ1v) is 3.97. The van der Waals surface area contributed by atoms with Crippen LogP contribution in [0.3, 0.4) is 0 Å². The Hall–Kier alpha value is -1.26. The molecule has 0 aliphatic carbocycles. The zero-order valence-corrected chi connectivity index (χ0v) is 9.40. The van der Waals surface area contributed by atoms with Crippen LogP contribution in [0.4, 0.5) is 5.69 Å². The molecule has 15 heavy (non-hydrogen) atoms. The number of carbonyl (C=O) groups excluding carboxylic acids is 1. The maximum Gasteiger partial charge on any atom is 0.246 e. The molecule has 0 fully saturated rings. The lowest BCUT2D eigenvalue weighted by Gasteiger charge is -1.98. The molecule has 0 bridgehead atoms. The van der Waals surface area contributed by atoms with Crippen molar-refractivity contribution in [3.63, 3.8) is 0 Å². The van der Waals surface area contributed by atoms with E-state index in [1.165, 1.54) is 0 Å². The first kappa shape index (κ1) is 13.7. The summed E-state index contributed by atoms with van der Waals surface area (Å²) in [6.07, 6.45) is 0.337. The molecule has 2 rings (SSSR count). The molecule has 0 unspecified atom stereocenters. The van der Waals surface area contributed by atoms with Gasteiger partial charge in [0.2, 0.25) is 5.91 Å². The molecule has 1 aliphatic heterocycles. The summed E-state index contributed by atoms with van der Waals surface area (Å²) in [4.78, 5) is 10.9. The van der Waals surface area contributed by atoms with E-state index >= 15 is 0 Å². The Kier molecular flexibility index (Phi) is 5.11. The van der Waals surface area contributed by atoms with Crippen LogP contribution in [0.15, 0.2) is 29.4 Å². The molecule has 0 radical (unpaired) electrons. The number of anilines is 1. The largest absolute Gasteiger partial charge is 0.399 e. The molecule has 1 amide bonds. The summed E-state index contributed by atoms with van der Waals surface area (Å²) >= 11 is 0. The molecule has 1 heterocycles. The van der Waals surface area contributed by atoms with Crippen LogP contribution in [0.25, 0.3) is 0 Å². The van der Waals surface area contributed by atoms with Gasteiger partial charge in [0.1, 0.15) is 0 Å². The lowest BCUT2D eigenvalue weighted by atomic mass is 10.1. The second-order valence-corrected chi connectivity index (χ2v) is 2.90. The second kappa shape index (κ2) is 5.58. The van der Waals surface area contributed by atoms with Crippen LogP contribution >= 0.6 is 24.8 Å². The zero-order chi connectivity index (χ0) is 9.26. The van der Waals surface area contributed by atoms with E-state index in [2.05, 4.69) is 10.5 Å². The minimum absolute atomic E-state index is 0. The highest BCUT2D eigenvalue weighted by molar-refractivity contribution is 6.13. The van der Waals surface area contributed by atoms with E-state index in [4.69, 9.17) is 5.73 Å². The number of benzene rings is 1. The number of nitrogens with one attached hydrogen (secondary N) is 1. The summed E-state index contributed by atoms with van der Waals surface area (Å²) in [6.45, 7) is 0. The van der Waals surface area contributed by atoms with Crippen molar-refractivity contribution < 1.29 is 4.79 Å². The topological polar surface area (TPSA) is 67.5 Å². The number of rotatable bonds is 1. The monoisotopic (exact) mass is 247 g/mol. The Balaban J connectivity index is 0.000000980. The molecular weight excluding hydrogens is 237 g/mol. The van der Waals surface area contributed by atoms with Gasteiger partial charge in [0, 0.05) is 11.3 Å². The number of nitrogens with zero attached hydrogens (tertiary/aromatic N) is 1. The van der Waals surface area contributed by atoms with Crippen LogP contribution in [0.2, 0.25) is 0 Å². The van der Waals surface area contributed by atoms with Gasteiger partial charge in [-0.3, -0.25) is 4.79 Å². The van der Waals surface area contributed by atoms with Crippen molar-refractivity contribution in [2.75, 3.05) is 5.73 Å². The molecule has 1 aromatic carbocycles. The van der Waals surface area contributed by atoms with Crippen molar-refractivity contribution in [2.24, 2.45) is 5.10 Å². The number of nitrogens with two attached hydrogens (primary N) is 1. The first-order chi connectivity index (χ1) is 6.25. The fourth-order valence-corrected chi connectivity index (χ4v) is 1.25. The maximum atomic E-state index is 10.9. The van der Waals surface area contributed by atoms with Gasteiger partial charge in [0.05, 0.1) is 12.1 Å². The van der Waals surface area contributed by atoms with Gasteiger partial charge in [-0.25, -0.2) is 5.43 Å². The SMILES string of the molecule is Cl.Cl.Nc1cccc(C2=NNC(=O)C2)c1. The summed E-state index contributed by atoms with van der Waals surface area (Å²) in [5.41, 5.74) is 10.3. The number of hydrogen-bond donors (Lipinski definition) is 2. The number of halogens is 2. The van der Waals surface area contributed by atoms with E-state index in [-0.39, 0.29) is 30.7 Å². The van der Waals surface area contributed by atoms with Crippen LogP contribution < -0.4 is 11.2 Å². The van der Waals surface area contributed by atoms with Crippen LogP contribution in [-0.4, -0.2) is 11.6 Å². The minimum atomic E-state index is -0.0718. The first-order valence-electron chi connectivity index (χ1n) is 3.97. The molecule has 6 heteroatoms. The lowest BCUT2D eigenvalue weighted by molar-refractivity contribution is -0.119. The summed E-state index contributed by atoms with van der Waals surface area (Å²) in [7, 11) is 0. The van der Waals surface area contributed by atoms with Gasteiger partial charge in [-0.1, -0.05) is 12.1 Å².